The molecule has 16 heteroatoms. The zero-order chi connectivity index (χ0) is 30.3. The molecule has 3 N–H and O–H groups in total. The Morgan fingerprint density at radius 2 is 1.95 bits per heavy atom. The second kappa shape index (κ2) is 11.0. The summed E-state index contributed by atoms with van der Waals surface area (Å²) in [6.45, 7) is 11.6. The van der Waals surface area contributed by atoms with E-state index in [4.69, 9.17) is 24.5 Å². The minimum absolute atomic E-state index is 0.0480. The fourth-order valence-corrected chi connectivity index (χ4v) is 5.12. The summed E-state index contributed by atoms with van der Waals surface area (Å²) in [7, 11) is 0. The number of hydrogen-bond acceptors (Lipinski definition) is 10. The molecule has 4 rings (SSSR count). The predicted octanol–water partition coefficient (Wildman–Crippen LogP) is 3.92. The Balaban J connectivity index is 1.63. The third-order valence-electron chi connectivity index (χ3n) is 6.65. The lowest BCUT2D eigenvalue weighted by atomic mass is 10.0. The second-order valence-electron chi connectivity index (χ2n) is 11.6. The Morgan fingerprint density at radius 3 is 2.56 bits per heavy atom. The summed E-state index contributed by atoms with van der Waals surface area (Å²) in [5, 5.41) is 16.4. The highest BCUT2D eigenvalue weighted by Crippen LogP contribution is 2.48. The number of esters is 1. The maximum Gasteiger partial charge on any atom is 0.408 e. The Hall–Kier alpha value is -4.14. The Bertz CT molecular complexity index is 1380. The summed E-state index contributed by atoms with van der Waals surface area (Å²) < 4.78 is 23.1. The molecule has 16 nitrogen and oxygen atoms in total. The van der Waals surface area contributed by atoms with Crippen LogP contribution in [-0.4, -0.2) is 85.4 Å². The van der Waals surface area contributed by atoms with Crippen LogP contribution in [0, 0.1) is 5.92 Å². The van der Waals surface area contributed by atoms with Crippen LogP contribution in [-0.2, 0) is 23.7 Å². The number of nitrogens with one attached hydrogen (secondary N) is 2. The first-order chi connectivity index (χ1) is 19.1. The van der Waals surface area contributed by atoms with E-state index >= 15 is 0 Å². The van der Waals surface area contributed by atoms with Gasteiger partial charge in [-0.1, -0.05) is 13.8 Å². The largest absolute Gasteiger partial charge is 0.465 e. The number of nitrogens with zero attached hydrogens (tertiary/aromatic N) is 6. The molecule has 41 heavy (non-hydrogen) atoms. The number of likely N-dealkylation sites (tertiary alicyclic amines) is 1. The third kappa shape index (κ3) is 6.14. The molecule has 2 aliphatic heterocycles. The normalized spacial score (nSPS) is 24.0. The number of amides is 2. The van der Waals surface area contributed by atoms with Crippen LogP contribution in [0.3, 0.4) is 0 Å². The highest BCUT2D eigenvalue weighted by Gasteiger charge is 2.60. The molecule has 0 saturated carbocycles. The van der Waals surface area contributed by atoms with Gasteiger partial charge in [0.05, 0.1) is 23.1 Å². The number of aromatic nitrogens is 3. The van der Waals surface area contributed by atoms with Crippen LogP contribution in [0.4, 0.5) is 15.4 Å². The Morgan fingerprint density at radius 1 is 1.27 bits per heavy atom. The van der Waals surface area contributed by atoms with Gasteiger partial charge in [0.25, 0.3) is 0 Å². The van der Waals surface area contributed by atoms with Crippen molar-refractivity contribution in [3.8, 4) is 0 Å². The third-order valence-corrected chi connectivity index (χ3v) is 6.65. The molecule has 0 bridgehead atoms. The number of azide groups is 1. The number of carbonyl (C=O) groups excluding carboxylic acids is 2. The number of carbonyl (C=O) groups is 3. The number of H-pyrrole nitrogens is 1. The van der Waals surface area contributed by atoms with Crippen molar-refractivity contribution in [2.45, 2.75) is 90.2 Å². The number of fused-ring (bicyclic) bond motifs is 2. The molecule has 2 aromatic rings. The Labute approximate surface area is 235 Å². The van der Waals surface area contributed by atoms with Crippen LogP contribution < -0.4 is 5.32 Å². The van der Waals surface area contributed by atoms with Gasteiger partial charge in [0.15, 0.2) is 11.6 Å². The van der Waals surface area contributed by atoms with Crippen LogP contribution >= 0.6 is 0 Å². The van der Waals surface area contributed by atoms with E-state index in [0.29, 0.717) is 16.6 Å². The average Bonchev–Trinajstić information content (AvgIpc) is 3.49. The molecule has 222 valence electrons. The molecule has 2 saturated heterocycles. The number of carboxylic acid groups (broad SMARTS) is 1. The monoisotopic (exact) mass is 574 g/mol. The molecule has 5 atom stereocenters. The second-order valence-corrected chi connectivity index (χ2v) is 11.6. The first-order valence-electron chi connectivity index (χ1n) is 13.0. The van der Waals surface area contributed by atoms with Gasteiger partial charge in [0, 0.05) is 16.7 Å². The van der Waals surface area contributed by atoms with Crippen LogP contribution in [0.1, 0.15) is 60.1 Å². The van der Waals surface area contributed by atoms with Gasteiger partial charge in [-0.05, 0) is 51.2 Å². The van der Waals surface area contributed by atoms with E-state index in [9.17, 15) is 19.5 Å². The van der Waals surface area contributed by atoms with Gasteiger partial charge in [0.2, 0.25) is 0 Å². The summed E-state index contributed by atoms with van der Waals surface area (Å²) in [5.74, 6) is -2.12. The zero-order valence-electron chi connectivity index (χ0n) is 23.8. The van der Waals surface area contributed by atoms with Gasteiger partial charge in [0.1, 0.15) is 36.8 Å². The molecule has 0 aromatic carbocycles. The lowest BCUT2D eigenvalue weighted by Gasteiger charge is -2.32. The van der Waals surface area contributed by atoms with Gasteiger partial charge in [-0.25, -0.2) is 24.4 Å². The summed E-state index contributed by atoms with van der Waals surface area (Å²) in [6, 6.07) is -2.94. The van der Waals surface area contributed by atoms with Crippen molar-refractivity contribution in [1.29, 1.82) is 0 Å². The standard InChI is InChI=1S/C25H34N8O8/c1-11(2)14(30-22(35)41-24(3,4)5)21(34)38-9-13-18-19(40-25(6,7)39-18)17(33(13)23(36)37)12-8-27-16-15(12)28-10-29-20(16)31-32-26/h8,10-11,13-14,17-19,27H,9H2,1-7H3,(H,30,35)(H,36,37)/t13?,14-,17?,18?,19?/m0/s1. The van der Waals surface area contributed by atoms with Crippen molar-refractivity contribution >= 4 is 35.0 Å². The lowest BCUT2D eigenvalue weighted by Crippen LogP contribution is -2.49. The predicted molar refractivity (Wildman–Crippen MR) is 142 cm³/mol. The van der Waals surface area contributed by atoms with Gasteiger partial charge < -0.3 is 34.4 Å². The van der Waals surface area contributed by atoms with Crippen molar-refractivity contribution in [3.05, 3.63) is 28.5 Å². The van der Waals surface area contributed by atoms with Crippen LogP contribution in [0.15, 0.2) is 17.6 Å². The molecule has 4 unspecified atom stereocenters. The number of rotatable bonds is 7. The van der Waals surface area contributed by atoms with Crippen molar-refractivity contribution < 1.29 is 38.4 Å². The molecule has 0 aliphatic carbocycles. The number of alkyl carbamates (subject to hydrolysis) is 1. The smallest absolute Gasteiger partial charge is 0.408 e. The van der Waals surface area contributed by atoms with Crippen LogP contribution in [0.5, 0.6) is 0 Å². The summed E-state index contributed by atoms with van der Waals surface area (Å²) in [4.78, 5) is 53.3. The molecule has 0 radical (unpaired) electrons. The van der Waals surface area contributed by atoms with E-state index in [1.54, 1.807) is 54.7 Å². The lowest BCUT2D eigenvalue weighted by molar-refractivity contribution is -0.171. The molecule has 0 spiro atoms. The first-order valence-corrected chi connectivity index (χ1v) is 13.0. The fraction of sp³-hybridized carbons (Fsp3) is 0.640. The number of ether oxygens (including phenoxy) is 4. The van der Waals surface area contributed by atoms with Crippen molar-refractivity contribution in [3.63, 3.8) is 0 Å². The fourth-order valence-electron chi connectivity index (χ4n) is 5.12. The molecule has 2 aromatic heterocycles. The van der Waals surface area contributed by atoms with Gasteiger partial charge in [-0.2, -0.15) is 0 Å². The van der Waals surface area contributed by atoms with E-state index < -0.39 is 59.9 Å². The molecule has 2 amide bonds. The van der Waals surface area contributed by atoms with Crippen molar-refractivity contribution in [2.24, 2.45) is 11.0 Å². The minimum Gasteiger partial charge on any atom is -0.465 e. The topological polar surface area (TPSA) is 214 Å². The van der Waals surface area contributed by atoms with Gasteiger partial charge in [-0.3, -0.25) is 4.90 Å². The van der Waals surface area contributed by atoms with E-state index in [1.165, 1.54) is 6.33 Å². The van der Waals surface area contributed by atoms with E-state index in [0.717, 1.165) is 4.90 Å². The maximum absolute atomic E-state index is 13.1. The van der Waals surface area contributed by atoms with E-state index in [-0.39, 0.29) is 18.3 Å². The quantitative estimate of drug-likeness (QED) is 0.187. The van der Waals surface area contributed by atoms with Crippen LogP contribution in [0.2, 0.25) is 0 Å². The van der Waals surface area contributed by atoms with Gasteiger partial charge in [-0.15, -0.1) is 0 Å². The van der Waals surface area contributed by atoms with Crippen molar-refractivity contribution in [1.82, 2.24) is 25.2 Å². The van der Waals surface area contributed by atoms with Crippen LogP contribution in [0.25, 0.3) is 21.5 Å². The maximum atomic E-state index is 13.1. The van der Waals surface area contributed by atoms with E-state index in [1.807, 2.05) is 0 Å². The molecular formula is C25H34N8O8. The SMILES string of the molecule is CC(C)[C@H](NC(=O)OC(C)(C)C)C(=O)OCC1C2OC(C)(C)OC2C(c2c[nH]c3c(N=[N+]=[N-])ncnc23)N1C(=O)O. The molecule has 2 fully saturated rings. The van der Waals surface area contributed by atoms with E-state index in [2.05, 4.69) is 30.3 Å². The number of aromatic amines is 1. The highest BCUT2D eigenvalue weighted by atomic mass is 16.8. The van der Waals surface area contributed by atoms with Gasteiger partial charge >= 0.3 is 18.2 Å². The number of hydrogen-bond donors (Lipinski definition) is 3. The van der Waals surface area contributed by atoms with Crippen molar-refractivity contribution in [2.75, 3.05) is 6.61 Å². The molecule has 2 aliphatic rings. The average molecular weight is 575 g/mol. The molecular weight excluding hydrogens is 540 g/mol. The first kappa shape index (κ1) is 29.8. The summed E-state index contributed by atoms with van der Waals surface area (Å²) >= 11 is 0. The summed E-state index contributed by atoms with van der Waals surface area (Å²) in [5.41, 5.74) is 9.22. The minimum atomic E-state index is -1.30. The zero-order valence-corrected chi connectivity index (χ0v) is 23.8. The Kier molecular flexibility index (Phi) is 8.02. The highest BCUT2D eigenvalue weighted by molar-refractivity contribution is 5.87. The summed E-state index contributed by atoms with van der Waals surface area (Å²) in [6.07, 6.45) is -0.921. The molecule has 4 heterocycles.